The highest BCUT2D eigenvalue weighted by atomic mass is 19.4. The zero-order chi connectivity index (χ0) is 20.3. The molecule has 0 bridgehead atoms. The van der Waals surface area contributed by atoms with Gasteiger partial charge in [0.1, 0.15) is 5.82 Å². The van der Waals surface area contributed by atoms with Crippen molar-refractivity contribution in [1.29, 1.82) is 0 Å². The van der Waals surface area contributed by atoms with Gasteiger partial charge in [-0.15, -0.1) is 0 Å². The fourth-order valence-corrected chi connectivity index (χ4v) is 3.59. The predicted octanol–water partition coefficient (Wildman–Crippen LogP) is 1.15. The molecular weight excluding hydrogens is 375 g/mol. The summed E-state index contributed by atoms with van der Waals surface area (Å²) in [5.41, 5.74) is 0.753. The van der Waals surface area contributed by atoms with Gasteiger partial charge in [-0.05, 0) is 19.9 Å². The average Bonchev–Trinajstić information content (AvgIpc) is 3.12. The maximum absolute atomic E-state index is 12.8. The molecule has 2 aliphatic heterocycles. The molecule has 10 heteroatoms. The number of anilines is 1. The molecule has 2 aliphatic rings. The summed E-state index contributed by atoms with van der Waals surface area (Å²) in [5, 5.41) is 12.1. The molecule has 3 heterocycles. The number of aliphatic hydroxyl groups excluding tert-OH is 1. The fourth-order valence-electron chi connectivity index (χ4n) is 3.59. The third kappa shape index (κ3) is 4.72. The van der Waals surface area contributed by atoms with Gasteiger partial charge in [0.2, 0.25) is 5.91 Å². The molecule has 0 aromatic carbocycles. The number of likely N-dealkylation sites (tertiary alicyclic amines) is 1. The highest BCUT2D eigenvalue weighted by molar-refractivity contribution is 5.77. The van der Waals surface area contributed by atoms with E-state index in [4.69, 9.17) is 5.11 Å². The van der Waals surface area contributed by atoms with Crippen LogP contribution in [0, 0.1) is 5.92 Å². The summed E-state index contributed by atoms with van der Waals surface area (Å²) in [6.07, 6.45) is -0.0103. The van der Waals surface area contributed by atoms with Crippen LogP contribution in [0.15, 0.2) is 12.4 Å². The number of hydrogen-bond donors (Lipinski definition) is 2. The fraction of sp³-hybridized carbons (Fsp3) is 0.722. The second-order valence-electron chi connectivity index (χ2n) is 7.48. The summed E-state index contributed by atoms with van der Waals surface area (Å²) in [5.74, 6) is -0.701. The van der Waals surface area contributed by atoms with Crippen LogP contribution >= 0.6 is 0 Å². The number of aromatic nitrogens is 2. The second kappa shape index (κ2) is 8.60. The van der Waals surface area contributed by atoms with E-state index < -0.39 is 12.1 Å². The summed E-state index contributed by atoms with van der Waals surface area (Å²) in [7, 11) is 1.75. The molecule has 2 atom stereocenters. The zero-order valence-electron chi connectivity index (χ0n) is 15.8. The van der Waals surface area contributed by atoms with E-state index in [1.807, 2.05) is 0 Å². The normalized spacial score (nSPS) is 21.7. The number of amides is 1. The second-order valence-corrected chi connectivity index (χ2v) is 7.48. The third-order valence-electron chi connectivity index (χ3n) is 5.62. The Morgan fingerprint density at radius 2 is 2.07 bits per heavy atom. The van der Waals surface area contributed by atoms with E-state index in [2.05, 4.69) is 15.3 Å². The molecular formula is C18H26F3N5O2. The van der Waals surface area contributed by atoms with E-state index in [0.717, 1.165) is 5.69 Å². The first-order valence-electron chi connectivity index (χ1n) is 9.51. The minimum absolute atomic E-state index is 0.00488. The van der Waals surface area contributed by atoms with Gasteiger partial charge in [-0.2, -0.15) is 13.2 Å². The lowest BCUT2D eigenvalue weighted by Crippen LogP contribution is -2.49. The minimum Gasteiger partial charge on any atom is -0.395 e. The van der Waals surface area contributed by atoms with E-state index >= 15 is 0 Å². The van der Waals surface area contributed by atoms with Crippen LogP contribution in [0.1, 0.15) is 30.9 Å². The van der Waals surface area contributed by atoms with Crippen molar-refractivity contribution in [2.24, 2.45) is 5.92 Å². The van der Waals surface area contributed by atoms with Gasteiger partial charge < -0.3 is 20.2 Å². The van der Waals surface area contributed by atoms with Crippen LogP contribution in [0.25, 0.3) is 0 Å². The Hall–Kier alpha value is -1.94. The van der Waals surface area contributed by atoms with Gasteiger partial charge in [0, 0.05) is 44.6 Å². The molecule has 0 radical (unpaired) electrons. The van der Waals surface area contributed by atoms with Crippen LogP contribution < -0.4 is 10.2 Å². The van der Waals surface area contributed by atoms with Crippen LogP contribution in [0.4, 0.5) is 19.0 Å². The van der Waals surface area contributed by atoms with Gasteiger partial charge in [0.05, 0.1) is 30.6 Å². The molecule has 0 spiro atoms. The highest BCUT2D eigenvalue weighted by Crippen LogP contribution is 2.35. The molecule has 2 saturated heterocycles. The van der Waals surface area contributed by atoms with Gasteiger partial charge in [-0.1, -0.05) is 0 Å². The zero-order valence-corrected chi connectivity index (χ0v) is 15.8. The number of nitrogens with zero attached hydrogens (tertiary/aromatic N) is 4. The molecule has 1 aromatic rings. The minimum atomic E-state index is -4.17. The van der Waals surface area contributed by atoms with Crippen molar-refractivity contribution in [3.8, 4) is 0 Å². The lowest BCUT2D eigenvalue weighted by Gasteiger charge is -2.39. The predicted molar refractivity (Wildman–Crippen MR) is 96.9 cm³/mol. The van der Waals surface area contributed by atoms with E-state index in [1.165, 1.54) is 6.20 Å². The summed E-state index contributed by atoms with van der Waals surface area (Å²) in [4.78, 5) is 24.2. The first-order chi connectivity index (χ1) is 13.3. The summed E-state index contributed by atoms with van der Waals surface area (Å²) >= 11 is 0. The number of aliphatic hydroxyl groups is 1. The van der Waals surface area contributed by atoms with E-state index in [-0.39, 0.29) is 37.4 Å². The van der Waals surface area contributed by atoms with Crippen molar-refractivity contribution < 1.29 is 23.1 Å². The summed E-state index contributed by atoms with van der Waals surface area (Å²) in [6.45, 7) is 1.37. The SMILES string of the molecule is CN[C@@H](CO)CCC(=O)N1CC(c2cnc(N3CCC(C(F)(F)F)C3)cn2)C1. The largest absolute Gasteiger partial charge is 0.395 e. The lowest BCUT2D eigenvalue weighted by molar-refractivity contribution is -0.168. The Kier molecular flexibility index (Phi) is 6.39. The van der Waals surface area contributed by atoms with Gasteiger partial charge >= 0.3 is 6.18 Å². The van der Waals surface area contributed by atoms with Crippen molar-refractivity contribution in [3.63, 3.8) is 0 Å². The van der Waals surface area contributed by atoms with Crippen LogP contribution in [0.3, 0.4) is 0 Å². The number of likely N-dealkylation sites (N-methyl/N-ethyl adjacent to an activating group) is 1. The molecule has 1 amide bonds. The highest BCUT2D eigenvalue weighted by Gasteiger charge is 2.44. The Balaban J connectivity index is 1.46. The number of carbonyl (C=O) groups excluding carboxylic acids is 1. The molecule has 1 aromatic heterocycles. The van der Waals surface area contributed by atoms with Gasteiger partial charge in [-0.25, -0.2) is 4.98 Å². The quantitative estimate of drug-likeness (QED) is 0.714. The summed E-state index contributed by atoms with van der Waals surface area (Å²) < 4.78 is 38.4. The van der Waals surface area contributed by atoms with E-state index in [0.29, 0.717) is 38.3 Å². The molecule has 0 aliphatic carbocycles. The topological polar surface area (TPSA) is 81.6 Å². The molecule has 156 valence electrons. The summed E-state index contributed by atoms with van der Waals surface area (Å²) in [6, 6.07) is -0.0815. The van der Waals surface area contributed by atoms with Crippen molar-refractivity contribution in [3.05, 3.63) is 18.1 Å². The number of carbonyl (C=O) groups is 1. The number of halogens is 3. The molecule has 3 rings (SSSR count). The Bertz CT molecular complexity index is 660. The first kappa shape index (κ1) is 20.8. The number of rotatable bonds is 7. The molecule has 1 unspecified atom stereocenters. The third-order valence-corrected chi connectivity index (χ3v) is 5.62. The van der Waals surface area contributed by atoms with Crippen molar-refractivity contribution in [1.82, 2.24) is 20.2 Å². The van der Waals surface area contributed by atoms with Crippen molar-refractivity contribution in [2.45, 2.75) is 37.4 Å². The maximum Gasteiger partial charge on any atom is 0.393 e. The molecule has 2 N–H and O–H groups in total. The Labute approximate surface area is 161 Å². The van der Waals surface area contributed by atoms with Crippen molar-refractivity contribution in [2.75, 3.05) is 44.7 Å². The monoisotopic (exact) mass is 401 g/mol. The van der Waals surface area contributed by atoms with Crippen molar-refractivity contribution >= 4 is 11.7 Å². The van der Waals surface area contributed by atoms with Gasteiger partial charge in [0.15, 0.2) is 0 Å². The van der Waals surface area contributed by atoms with E-state index in [1.54, 1.807) is 23.0 Å². The maximum atomic E-state index is 12.8. The standard InChI is InChI=1S/C18H26F3N5O2/c1-22-14(11-27)2-3-17(28)26-8-12(9-26)15-6-24-16(7-23-15)25-5-4-13(10-25)18(19,20)21/h6-7,12-14,22,27H,2-5,8-11H2,1H3/t13?,14-/m1/s1. The van der Waals surface area contributed by atoms with Crippen LogP contribution in [0.2, 0.25) is 0 Å². The van der Waals surface area contributed by atoms with Gasteiger partial charge in [-0.3, -0.25) is 9.78 Å². The molecule has 2 fully saturated rings. The first-order valence-corrected chi connectivity index (χ1v) is 9.51. The Morgan fingerprint density at radius 3 is 2.61 bits per heavy atom. The average molecular weight is 401 g/mol. The molecule has 28 heavy (non-hydrogen) atoms. The van der Waals surface area contributed by atoms with Crippen LogP contribution in [0.5, 0.6) is 0 Å². The number of nitrogens with one attached hydrogen (secondary N) is 1. The number of hydrogen-bond acceptors (Lipinski definition) is 6. The Morgan fingerprint density at radius 1 is 1.32 bits per heavy atom. The molecule has 7 nitrogen and oxygen atoms in total. The van der Waals surface area contributed by atoms with E-state index in [9.17, 15) is 18.0 Å². The molecule has 0 saturated carbocycles. The van der Waals surface area contributed by atoms with Gasteiger partial charge in [0.25, 0.3) is 0 Å². The lowest BCUT2D eigenvalue weighted by atomic mass is 9.95. The van der Waals surface area contributed by atoms with Crippen LogP contribution in [-0.2, 0) is 4.79 Å². The number of alkyl halides is 3. The smallest absolute Gasteiger partial charge is 0.393 e. The van der Waals surface area contributed by atoms with Crippen LogP contribution in [-0.4, -0.2) is 77.9 Å².